The third-order valence-electron chi connectivity index (χ3n) is 5.76. The van der Waals surface area contributed by atoms with E-state index < -0.39 is 6.16 Å². The highest BCUT2D eigenvalue weighted by atomic mass is 16.7. The molecule has 0 heterocycles. The highest BCUT2D eigenvalue weighted by Crippen LogP contribution is 2.17. The zero-order valence-electron chi connectivity index (χ0n) is 20.5. The van der Waals surface area contributed by atoms with E-state index in [0.717, 1.165) is 12.8 Å². The molecule has 3 nitrogen and oxygen atoms in total. The summed E-state index contributed by atoms with van der Waals surface area (Å²) in [5.74, 6) is 0.635. The van der Waals surface area contributed by atoms with Crippen LogP contribution < -0.4 is 0 Å². The zero-order valence-corrected chi connectivity index (χ0v) is 20.5. The monoisotopic (exact) mass is 412 g/mol. The molecule has 0 unspecified atom stereocenters. The van der Waals surface area contributed by atoms with Crippen molar-refractivity contribution >= 4 is 6.16 Å². The molecule has 0 aromatic carbocycles. The van der Waals surface area contributed by atoms with Crippen LogP contribution >= 0.6 is 0 Å². The van der Waals surface area contributed by atoms with Crippen LogP contribution in [0.2, 0.25) is 0 Å². The zero-order chi connectivity index (χ0) is 21.7. The van der Waals surface area contributed by atoms with Crippen molar-refractivity contribution in [3.05, 3.63) is 0 Å². The first-order valence-corrected chi connectivity index (χ1v) is 12.8. The van der Waals surface area contributed by atoms with Gasteiger partial charge in [0.2, 0.25) is 0 Å². The first kappa shape index (κ1) is 28.3. The minimum Gasteiger partial charge on any atom is -0.434 e. The molecular formula is C26H52O3. The van der Waals surface area contributed by atoms with E-state index >= 15 is 0 Å². The normalized spacial score (nSPS) is 11.6. The summed E-state index contributed by atoms with van der Waals surface area (Å²) in [5.41, 5.74) is 0. The van der Waals surface area contributed by atoms with Gasteiger partial charge in [0, 0.05) is 0 Å². The molecule has 29 heavy (non-hydrogen) atoms. The van der Waals surface area contributed by atoms with Crippen LogP contribution in [0.1, 0.15) is 137 Å². The summed E-state index contributed by atoms with van der Waals surface area (Å²) < 4.78 is 10.7. The van der Waals surface area contributed by atoms with E-state index in [-0.39, 0.29) is 6.10 Å². The van der Waals surface area contributed by atoms with Crippen molar-refractivity contribution in [3.8, 4) is 0 Å². The molecule has 0 aromatic heterocycles. The number of carbonyl (C=O) groups is 1. The predicted octanol–water partition coefficient (Wildman–Crippen LogP) is 9.08. The molecular weight excluding hydrogens is 360 g/mol. The summed E-state index contributed by atoms with van der Waals surface area (Å²) in [6.07, 6.45) is 21.0. The molecule has 0 radical (unpaired) electrons. The van der Waals surface area contributed by atoms with Crippen LogP contribution in [-0.2, 0) is 9.47 Å². The molecule has 0 saturated heterocycles. The van der Waals surface area contributed by atoms with Crippen LogP contribution in [0.25, 0.3) is 0 Å². The molecule has 0 aromatic rings. The van der Waals surface area contributed by atoms with E-state index in [0.29, 0.717) is 18.4 Å². The summed E-state index contributed by atoms with van der Waals surface area (Å²) in [6.45, 7) is 11.1. The van der Waals surface area contributed by atoms with Gasteiger partial charge in [-0.25, -0.2) is 4.79 Å². The van der Waals surface area contributed by atoms with Crippen LogP contribution in [0.5, 0.6) is 0 Å². The average Bonchev–Trinajstić information content (AvgIpc) is 2.68. The lowest BCUT2D eigenvalue weighted by molar-refractivity contribution is -0.0110. The number of carbonyl (C=O) groups excluding carboxylic acids is 1. The third kappa shape index (κ3) is 19.0. The fourth-order valence-corrected chi connectivity index (χ4v) is 3.99. The van der Waals surface area contributed by atoms with E-state index in [9.17, 15) is 4.79 Å². The number of hydrogen-bond donors (Lipinski definition) is 0. The molecule has 0 bridgehead atoms. The maximum absolute atomic E-state index is 11.8. The molecule has 0 aliphatic carbocycles. The van der Waals surface area contributed by atoms with Crippen molar-refractivity contribution in [2.75, 3.05) is 6.61 Å². The number of rotatable bonds is 20. The first-order chi connectivity index (χ1) is 14.0. The lowest BCUT2D eigenvalue weighted by atomic mass is 9.96. The van der Waals surface area contributed by atoms with Crippen molar-refractivity contribution in [1.82, 2.24) is 0 Å². The molecule has 0 aliphatic rings. The summed E-state index contributed by atoms with van der Waals surface area (Å²) in [6, 6.07) is 0. The van der Waals surface area contributed by atoms with E-state index in [2.05, 4.69) is 34.6 Å². The van der Waals surface area contributed by atoms with Crippen molar-refractivity contribution in [1.29, 1.82) is 0 Å². The molecule has 0 fully saturated rings. The van der Waals surface area contributed by atoms with Gasteiger partial charge in [-0.3, -0.25) is 0 Å². The van der Waals surface area contributed by atoms with Crippen LogP contribution in [0.4, 0.5) is 4.79 Å². The van der Waals surface area contributed by atoms with Gasteiger partial charge in [-0.1, -0.05) is 131 Å². The second-order valence-corrected chi connectivity index (χ2v) is 9.47. The highest BCUT2D eigenvalue weighted by Gasteiger charge is 2.22. The largest absolute Gasteiger partial charge is 0.508 e. The van der Waals surface area contributed by atoms with Gasteiger partial charge in [0.25, 0.3) is 0 Å². The molecule has 0 aliphatic heterocycles. The van der Waals surface area contributed by atoms with Gasteiger partial charge < -0.3 is 9.47 Å². The van der Waals surface area contributed by atoms with Crippen molar-refractivity contribution in [2.45, 2.75) is 143 Å². The van der Waals surface area contributed by atoms with Gasteiger partial charge in [-0.05, 0) is 18.3 Å². The molecule has 0 atom stereocenters. The Balaban J connectivity index is 3.30. The SMILES string of the molecule is CCCCCCCCCCCCCCCCCCOC(=O)OC(C(C)C)C(C)C. The third-order valence-corrected chi connectivity index (χ3v) is 5.76. The molecule has 0 spiro atoms. The van der Waals surface area contributed by atoms with Gasteiger partial charge >= 0.3 is 6.16 Å². The average molecular weight is 413 g/mol. The van der Waals surface area contributed by atoms with Crippen LogP contribution in [0.15, 0.2) is 0 Å². The highest BCUT2D eigenvalue weighted by molar-refractivity contribution is 5.60. The smallest absolute Gasteiger partial charge is 0.434 e. The fourth-order valence-electron chi connectivity index (χ4n) is 3.99. The van der Waals surface area contributed by atoms with E-state index in [4.69, 9.17) is 9.47 Å². The minimum atomic E-state index is -0.502. The summed E-state index contributed by atoms with van der Waals surface area (Å²) >= 11 is 0. The lowest BCUT2D eigenvalue weighted by Gasteiger charge is -2.24. The Hall–Kier alpha value is -0.730. The Morgan fingerprint density at radius 3 is 1.28 bits per heavy atom. The molecule has 0 saturated carbocycles. The minimum absolute atomic E-state index is 0.0618. The van der Waals surface area contributed by atoms with Crippen molar-refractivity contribution in [2.24, 2.45) is 11.8 Å². The lowest BCUT2D eigenvalue weighted by Crippen LogP contribution is -2.29. The second-order valence-electron chi connectivity index (χ2n) is 9.47. The van der Waals surface area contributed by atoms with E-state index in [1.807, 2.05) is 0 Å². The molecule has 174 valence electrons. The predicted molar refractivity (Wildman–Crippen MR) is 125 cm³/mol. The Morgan fingerprint density at radius 1 is 0.586 bits per heavy atom. The number of unbranched alkanes of at least 4 members (excludes halogenated alkanes) is 15. The Kier molecular flexibility index (Phi) is 20.0. The summed E-state index contributed by atoms with van der Waals surface area (Å²) in [4.78, 5) is 11.8. The van der Waals surface area contributed by atoms with Crippen LogP contribution in [-0.4, -0.2) is 18.9 Å². The molecule has 3 heteroatoms. The maximum atomic E-state index is 11.8. The van der Waals surface area contributed by atoms with Crippen LogP contribution in [0, 0.1) is 11.8 Å². The van der Waals surface area contributed by atoms with Gasteiger partial charge in [0.1, 0.15) is 6.10 Å². The standard InChI is InChI=1S/C26H52O3/c1-6-7-8-9-10-11-12-13-14-15-16-17-18-19-20-21-22-28-26(27)29-25(23(2)3)24(4)5/h23-25H,6-22H2,1-5H3. The summed E-state index contributed by atoms with van der Waals surface area (Å²) in [7, 11) is 0. The fraction of sp³-hybridized carbons (Fsp3) is 0.962. The van der Waals surface area contributed by atoms with Gasteiger partial charge in [-0.2, -0.15) is 0 Å². The molecule has 0 rings (SSSR count). The molecule has 0 amide bonds. The Labute approximate surface area is 182 Å². The summed E-state index contributed by atoms with van der Waals surface area (Å²) in [5, 5.41) is 0. The number of hydrogen-bond acceptors (Lipinski definition) is 3. The quantitative estimate of drug-likeness (QED) is 0.148. The van der Waals surface area contributed by atoms with Gasteiger partial charge in [0.05, 0.1) is 6.61 Å². The molecule has 0 N–H and O–H groups in total. The van der Waals surface area contributed by atoms with Crippen molar-refractivity contribution < 1.29 is 14.3 Å². The van der Waals surface area contributed by atoms with Crippen LogP contribution in [0.3, 0.4) is 0 Å². The maximum Gasteiger partial charge on any atom is 0.508 e. The Morgan fingerprint density at radius 2 is 0.931 bits per heavy atom. The number of ether oxygens (including phenoxy) is 2. The van der Waals surface area contributed by atoms with Gasteiger partial charge in [0.15, 0.2) is 0 Å². The van der Waals surface area contributed by atoms with E-state index in [1.165, 1.54) is 89.9 Å². The topological polar surface area (TPSA) is 35.5 Å². The Bertz CT molecular complexity index is 344. The second kappa shape index (κ2) is 20.5. The van der Waals surface area contributed by atoms with Gasteiger partial charge in [-0.15, -0.1) is 0 Å². The first-order valence-electron chi connectivity index (χ1n) is 12.8. The van der Waals surface area contributed by atoms with E-state index in [1.54, 1.807) is 0 Å². The van der Waals surface area contributed by atoms with Crippen molar-refractivity contribution in [3.63, 3.8) is 0 Å².